The summed E-state index contributed by atoms with van der Waals surface area (Å²) < 4.78 is 18.5. The predicted molar refractivity (Wildman–Crippen MR) is 82.2 cm³/mol. The van der Waals surface area contributed by atoms with Gasteiger partial charge in [0.1, 0.15) is 18.5 Å². The predicted octanol–water partition coefficient (Wildman–Crippen LogP) is 2.45. The van der Waals surface area contributed by atoms with Crippen molar-refractivity contribution in [3.8, 4) is 0 Å². The first-order chi connectivity index (χ1) is 11.0. The van der Waals surface area contributed by atoms with Crippen LogP contribution in [0, 0.1) is 5.92 Å². The zero-order valence-corrected chi connectivity index (χ0v) is 13.1. The fourth-order valence-electron chi connectivity index (χ4n) is 2.53. The summed E-state index contributed by atoms with van der Waals surface area (Å²) in [6.07, 6.45) is -0.778. The molecule has 1 saturated heterocycles. The Hall–Kier alpha value is -2.21. The quantitative estimate of drug-likeness (QED) is 0.904. The maximum absolute atomic E-state index is 13.5. The highest BCUT2D eigenvalue weighted by molar-refractivity contribution is 5.95. The maximum atomic E-state index is 13.5. The largest absolute Gasteiger partial charge is 0.447 e. The molecule has 2 rings (SSSR count). The molecule has 0 aromatic heterocycles. The third-order valence-electron chi connectivity index (χ3n) is 3.93. The number of benzene rings is 1. The minimum absolute atomic E-state index is 0.0916. The van der Waals surface area contributed by atoms with Crippen LogP contribution in [0.2, 0.25) is 0 Å². The van der Waals surface area contributed by atoms with E-state index in [-0.39, 0.29) is 6.61 Å². The van der Waals surface area contributed by atoms with E-state index in [0.29, 0.717) is 6.42 Å². The van der Waals surface area contributed by atoms with Crippen LogP contribution in [0.15, 0.2) is 42.2 Å². The molecule has 0 aliphatic carbocycles. The number of cyclic esters (lactones) is 1. The molecule has 0 saturated carbocycles. The molecular weight excluding hydrogens is 301 g/mol. The number of carbonyl (C=O) groups is 2. The van der Waals surface area contributed by atoms with Crippen molar-refractivity contribution in [1.29, 1.82) is 0 Å². The molecule has 3 atom stereocenters. The van der Waals surface area contributed by atoms with E-state index in [9.17, 15) is 19.1 Å². The molecular formula is C17H20FNO4. The molecule has 1 N–H and O–H groups in total. The number of rotatable bonds is 5. The molecule has 0 unspecified atom stereocenters. The normalized spacial score (nSPS) is 21.0. The molecule has 6 heteroatoms. The number of aliphatic hydroxyl groups is 1. The van der Waals surface area contributed by atoms with Gasteiger partial charge in [-0.1, -0.05) is 43.3 Å². The van der Waals surface area contributed by atoms with E-state index in [1.165, 1.54) is 13.8 Å². The second-order valence-electron chi connectivity index (χ2n) is 5.54. The standard InChI is InChI=1S/C17H20FNO4/c1-3-14(18)15(20)11(2)16(21)19-13(10-23-17(19)22)9-12-7-5-4-6-8-12/h3-8,11,13,15,20H,9-10H2,1-2H3/b14-3-/t11-,13+,15-/m1/s1. The highest BCUT2D eigenvalue weighted by Gasteiger charge is 2.41. The van der Waals surface area contributed by atoms with Gasteiger partial charge in [-0.05, 0) is 18.9 Å². The van der Waals surface area contributed by atoms with Crippen LogP contribution in [0.5, 0.6) is 0 Å². The molecule has 1 aliphatic rings. The van der Waals surface area contributed by atoms with E-state index in [1.54, 1.807) is 0 Å². The number of carbonyl (C=O) groups excluding carboxylic acids is 2. The monoisotopic (exact) mass is 321 g/mol. The zero-order chi connectivity index (χ0) is 17.0. The minimum atomic E-state index is -1.57. The van der Waals surface area contributed by atoms with Gasteiger partial charge in [-0.2, -0.15) is 0 Å². The number of ether oxygens (including phenoxy) is 1. The summed E-state index contributed by atoms with van der Waals surface area (Å²) in [5.74, 6) is -2.51. The van der Waals surface area contributed by atoms with Crippen molar-refractivity contribution in [2.75, 3.05) is 6.61 Å². The Kier molecular flexibility index (Phi) is 5.50. The summed E-state index contributed by atoms with van der Waals surface area (Å²) in [7, 11) is 0. The van der Waals surface area contributed by atoms with Crippen LogP contribution in [-0.4, -0.2) is 40.8 Å². The van der Waals surface area contributed by atoms with Crippen molar-refractivity contribution in [2.24, 2.45) is 5.92 Å². The Morgan fingerprint density at radius 3 is 2.74 bits per heavy atom. The molecule has 0 spiro atoms. The van der Waals surface area contributed by atoms with E-state index in [1.807, 2.05) is 30.3 Å². The Balaban J connectivity index is 2.14. The maximum Gasteiger partial charge on any atom is 0.416 e. The third-order valence-corrected chi connectivity index (χ3v) is 3.93. The zero-order valence-electron chi connectivity index (χ0n) is 13.1. The van der Waals surface area contributed by atoms with Crippen LogP contribution >= 0.6 is 0 Å². The van der Waals surface area contributed by atoms with E-state index in [2.05, 4.69) is 0 Å². The smallest absolute Gasteiger partial charge is 0.416 e. The summed E-state index contributed by atoms with van der Waals surface area (Å²) >= 11 is 0. The van der Waals surface area contributed by atoms with Crippen LogP contribution in [-0.2, 0) is 16.0 Å². The van der Waals surface area contributed by atoms with Crippen LogP contribution in [0.4, 0.5) is 9.18 Å². The van der Waals surface area contributed by atoms with Gasteiger partial charge in [0.15, 0.2) is 0 Å². The van der Waals surface area contributed by atoms with E-state index in [0.717, 1.165) is 16.5 Å². The summed E-state index contributed by atoms with van der Waals surface area (Å²) in [6, 6.07) is 8.94. The first-order valence-corrected chi connectivity index (χ1v) is 7.49. The van der Waals surface area contributed by atoms with Crippen molar-refractivity contribution >= 4 is 12.0 Å². The number of hydrogen-bond donors (Lipinski definition) is 1. The average molecular weight is 321 g/mol. The number of amides is 2. The molecule has 2 amide bonds. The number of imide groups is 1. The van der Waals surface area contributed by atoms with Crippen LogP contribution < -0.4 is 0 Å². The van der Waals surface area contributed by atoms with Gasteiger partial charge in [0.2, 0.25) is 5.91 Å². The number of hydrogen-bond acceptors (Lipinski definition) is 4. The molecule has 23 heavy (non-hydrogen) atoms. The summed E-state index contributed by atoms with van der Waals surface area (Å²) in [6.45, 7) is 2.91. The first-order valence-electron chi connectivity index (χ1n) is 7.49. The second kappa shape index (κ2) is 7.37. The van der Waals surface area contributed by atoms with Crippen molar-refractivity contribution in [3.63, 3.8) is 0 Å². The molecule has 1 fully saturated rings. The number of allylic oxidation sites excluding steroid dienone is 1. The molecule has 5 nitrogen and oxygen atoms in total. The van der Waals surface area contributed by atoms with Crippen molar-refractivity contribution in [2.45, 2.75) is 32.4 Å². The third kappa shape index (κ3) is 3.76. The number of aliphatic hydroxyl groups excluding tert-OH is 1. The summed E-state index contributed by atoms with van der Waals surface area (Å²) in [5.41, 5.74) is 0.960. The van der Waals surface area contributed by atoms with Crippen molar-refractivity contribution < 1.29 is 23.8 Å². The molecule has 124 valence electrons. The molecule has 1 aromatic carbocycles. The van der Waals surface area contributed by atoms with Gasteiger partial charge in [-0.25, -0.2) is 14.1 Å². The van der Waals surface area contributed by atoms with Gasteiger partial charge in [-0.15, -0.1) is 0 Å². The fraction of sp³-hybridized carbons (Fsp3) is 0.412. The SMILES string of the molecule is C/C=C(\F)[C@H](O)[C@@H](C)C(=O)N1C(=O)OC[C@@H]1Cc1ccccc1. The van der Waals surface area contributed by atoms with Crippen LogP contribution in [0.25, 0.3) is 0 Å². The molecule has 0 radical (unpaired) electrons. The number of halogens is 1. The van der Waals surface area contributed by atoms with Crippen LogP contribution in [0.3, 0.4) is 0 Å². The molecule has 1 aromatic rings. The average Bonchev–Trinajstić information content (AvgIpc) is 2.93. The van der Waals surface area contributed by atoms with Gasteiger partial charge >= 0.3 is 6.09 Å². The van der Waals surface area contributed by atoms with Gasteiger partial charge in [0, 0.05) is 0 Å². The topological polar surface area (TPSA) is 66.8 Å². The Morgan fingerprint density at radius 2 is 2.13 bits per heavy atom. The van der Waals surface area contributed by atoms with Gasteiger partial charge < -0.3 is 9.84 Å². The molecule has 0 bridgehead atoms. The lowest BCUT2D eigenvalue weighted by Gasteiger charge is -2.25. The minimum Gasteiger partial charge on any atom is -0.447 e. The van der Waals surface area contributed by atoms with Gasteiger partial charge in [0.25, 0.3) is 0 Å². The summed E-state index contributed by atoms with van der Waals surface area (Å²) in [4.78, 5) is 25.4. The van der Waals surface area contributed by atoms with E-state index < -0.39 is 35.9 Å². The van der Waals surface area contributed by atoms with Gasteiger partial charge in [-0.3, -0.25) is 4.79 Å². The van der Waals surface area contributed by atoms with Crippen molar-refractivity contribution in [3.05, 3.63) is 47.8 Å². The highest BCUT2D eigenvalue weighted by atomic mass is 19.1. The fourth-order valence-corrected chi connectivity index (χ4v) is 2.53. The van der Waals surface area contributed by atoms with E-state index >= 15 is 0 Å². The Morgan fingerprint density at radius 1 is 1.48 bits per heavy atom. The van der Waals surface area contributed by atoms with Gasteiger partial charge in [0.05, 0.1) is 12.0 Å². The lowest BCUT2D eigenvalue weighted by Crippen LogP contribution is -2.45. The van der Waals surface area contributed by atoms with Crippen molar-refractivity contribution in [1.82, 2.24) is 4.90 Å². The molecule has 1 aliphatic heterocycles. The lowest BCUT2D eigenvalue weighted by molar-refractivity contribution is -0.135. The second-order valence-corrected chi connectivity index (χ2v) is 5.54. The summed E-state index contributed by atoms with van der Waals surface area (Å²) in [5, 5.41) is 9.84. The Labute approximate surface area is 134 Å². The first kappa shape index (κ1) is 17.1. The Bertz CT molecular complexity index is 602. The highest BCUT2D eigenvalue weighted by Crippen LogP contribution is 2.23. The van der Waals surface area contributed by atoms with E-state index in [4.69, 9.17) is 4.74 Å². The lowest BCUT2D eigenvalue weighted by atomic mass is 9.99. The molecule has 1 heterocycles. The number of nitrogens with zero attached hydrogens (tertiary/aromatic N) is 1. The van der Waals surface area contributed by atoms with Crippen LogP contribution in [0.1, 0.15) is 19.4 Å².